The molecule has 0 amide bonds. The molecule has 0 aromatic heterocycles. The summed E-state index contributed by atoms with van der Waals surface area (Å²) in [6.07, 6.45) is 2.18. The lowest BCUT2D eigenvalue weighted by Gasteiger charge is -2.25. The van der Waals surface area contributed by atoms with Crippen LogP contribution in [-0.4, -0.2) is 48.8 Å². The summed E-state index contributed by atoms with van der Waals surface area (Å²) in [4.78, 5) is 4.61. The van der Waals surface area contributed by atoms with Gasteiger partial charge in [0, 0.05) is 32.3 Å². The summed E-state index contributed by atoms with van der Waals surface area (Å²) in [6.45, 7) is 4.18. The molecule has 0 bridgehead atoms. The summed E-state index contributed by atoms with van der Waals surface area (Å²) in [5.41, 5.74) is 0.725. The molecule has 1 N–H and O–H groups in total. The van der Waals surface area contributed by atoms with Crippen LogP contribution in [0.5, 0.6) is 0 Å². The molecule has 2 heterocycles. The SMILES string of the molecule is OCC1CCN(C2CCN(c3ccccc3F)C2)C1. The predicted molar refractivity (Wildman–Crippen MR) is 73.8 cm³/mol. The van der Waals surface area contributed by atoms with E-state index in [0.717, 1.165) is 44.7 Å². The van der Waals surface area contributed by atoms with Crippen LogP contribution in [0.2, 0.25) is 0 Å². The van der Waals surface area contributed by atoms with Crippen LogP contribution in [0.4, 0.5) is 10.1 Å². The molecule has 0 radical (unpaired) electrons. The summed E-state index contributed by atoms with van der Waals surface area (Å²) in [6, 6.07) is 7.52. The van der Waals surface area contributed by atoms with E-state index in [0.29, 0.717) is 18.6 Å². The molecule has 2 unspecified atom stereocenters. The molecule has 2 aliphatic rings. The van der Waals surface area contributed by atoms with E-state index >= 15 is 0 Å². The third-order valence-electron chi connectivity index (χ3n) is 4.45. The third-order valence-corrected chi connectivity index (χ3v) is 4.45. The van der Waals surface area contributed by atoms with Crippen LogP contribution in [0.1, 0.15) is 12.8 Å². The van der Waals surface area contributed by atoms with Gasteiger partial charge < -0.3 is 10.0 Å². The van der Waals surface area contributed by atoms with Crippen molar-refractivity contribution in [1.82, 2.24) is 4.90 Å². The fraction of sp³-hybridized carbons (Fsp3) is 0.600. The summed E-state index contributed by atoms with van der Waals surface area (Å²) >= 11 is 0. The molecular weight excluding hydrogens is 243 g/mol. The first-order chi connectivity index (χ1) is 9.28. The first-order valence-electron chi connectivity index (χ1n) is 7.12. The molecule has 2 atom stereocenters. The maximum absolute atomic E-state index is 13.8. The van der Waals surface area contributed by atoms with Crippen molar-refractivity contribution in [2.24, 2.45) is 5.92 Å². The lowest BCUT2D eigenvalue weighted by atomic mass is 10.1. The number of nitrogens with zero attached hydrogens (tertiary/aromatic N) is 2. The minimum Gasteiger partial charge on any atom is -0.396 e. The fourth-order valence-electron chi connectivity index (χ4n) is 3.31. The smallest absolute Gasteiger partial charge is 0.146 e. The van der Waals surface area contributed by atoms with Crippen LogP contribution in [0.3, 0.4) is 0 Å². The lowest BCUT2D eigenvalue weighted by molar-refractivity contribution is 0.204. The van der Waals surface area contributed by atoms with Crippen molar-refractivity contribution in [1.29, 1.82) is 0 Å². The molecule has 3 rings (SSSR count). The van der Waals surface area contributed by atoms with Gasteiger partial charge in [0.1, 0.15) is 5.82 Å². The molecule has 1 aromatic rings. The quantitative estimate of drug-likeness (QED) is 0.900. The van der Waals surface area contributed by atoms with Crippen molar-refractivity contribution in [2.45, 2.75) is 18.9 Å². The second-order valence-electron chi connectivity index (χ2n) is 5.67. The van der Waals surface area contributed by atoms with Gasteiger partial charge in [-0.1, -0.05) is 12.1 Å². The number of hydrogen-bond acceptors (Lipinski definition) is 3. The Morgan fingerprint density at radius 2 is 2.00 bits per heavy atom. The van der Waals surface area contributed by atoms with Crippen molar-refractivity contribution < 1.29 is 9.50 Å². The van der Waals surface area contributed by atoms with Gasteiger partial charge in [-0.15, -0.1) is 0 Å². The number of hydrogen-bond donors (Lipinski definition) is 1. The van der Waals surface area contributed by atoms with Crippen LogP contribution in [-0.2, 0) is 0 Å². The van der Waals surface area contributed by atoms with Gasteiger partial charge in [0.25, 0.3) is 0 Å². The minimum atomic E-state index is -0.127. The van der Waals surface area contributed by atoms with Gasteiger partial charge in [-0.25, -0.2) is 4.39 Å². The topological polar surface area (TPSA) is 26.7 Å². The largest absolute Gasteiger partial charge is 0.396 e. The summed E-state index contributed by atoms with van der Waals surface area (Å²) < 4.78 is 13.8. The van der Waals surface area contributed by atoms with Gasteiger partial charge in [-0.3, -0.25) is 4.90 Å². The molecule has 2 aliphatic heterocycles. The zero-order chi connectivity index (χ0) is 13.2. The average molecular weight is 264 g/mol. The van der Waals surface area contributed by atoms with Crippen molar-refractivity contribution in [2.75, 3.05) is 37.7 Å². The molecule has 0 spiro atoms. The molecular formula is C15H21FN2O. The van der Waals surface area contributed by atoms with E-state index in [1.54, 1.807) is 6.07 Å². The first kappa shape index (κ1) is 12.9. The number of halogens is 1. The van der Waals surface area contributed by atoms with E-state index in [1.165, 1.54) is 6.07 Å². The fourth-order valence-corrected chi connectivity index (χ4v) is 3.31. The number of rotatable bonds is 3. The molecule has 1 aromatic carbocycles. The number of aliphatic hydroxyl groups excluding tert-OH is 1. The Hall–Kier alpha value is -1.13. The van der Waals surface area contributed by atoms with Crippen molar-refractivity contribution in [3.63, 3.8) is 0 Å². The number of aliphatic hydroxyl groups is 1. The van der Waals surface area contributed by atoms with E-state index < -0.39 is 0 Å². The van der Waals surface area contributed by atoms with Gasteiger partial charge in [0.15, 0.2) is 0 Å². The summed E-state index contributed by atoms with van der Waals surface area (Å²) in [5.74, 6) is 0.306. The van der Waals surface area contributed by atoms with Crippen LogP contribution in [0.25, 0.3) is 0 Å². The highest BCUT2D eigenvalue weighted by Crippen LogP contribution is 2.28. The van der Waals surface area contributed by atoms with Crippen molar-refractivity contribution >= 4 is 5.69 Å². The molecule has 4 heteroatoms. The normalized spacial score (nSPS) is 28.2. The van der Waals surface area contributed by atoms with Gasteiger partial charge in [-0.2, -0.15) is 0 Å². The van der Waals surface area contributed by atoms with Gasteiger partial charge in [0.05, 0.1) is 5.69 Å². The van der Waals surface area contributed by atoms with E-state index in [4.69, 9.17) is 0 Å². The average Bonchev–Trinajstić information content (AvgIpc) is 3.08. The lowest BCUT2D eigenvalue weighted by Crippen LogP contribution is -2.36. The van der Waals surface area contributed by atoms with Crippen LogP contribution >= 0.6 is 0 Å². The van der Waals surface area contributed by atoms with E-state index in [9.17, 15) is 9.50 Å². The first-order valence-corrected chi connectivity index (χ1v) is 7.12. The molecule has 2 fully saturated rings. The second kappa shape index (κ2) is 5.47. The highest BCUT2D eigenvalue weighted by Gasteiger charge is 2.33. The predicted octanol–water partition coefficient (Wildman–Crippen LogP) is 1.72. The number of anilines is 1. The maximum Gasteiger partial charge on any atom is 0.146 e. The van der Waals surface area contributed by atoms with E-state index in [1.807, 2.05) is 12.1 Å². The van der Waals surface area contributed by atoms with Crippen LogP contribution in [0.15, 0.2) is 24.3 Å². The Morgan fingerprint density at radius 3 is 2.74 bits per heavy atom. The Morgan fingerprint density at radius 1 is 1.16 bits per heavy atom. The molecule has 19 heavy (non-hydrogen) atoms. The third kappa shape index (κ3) is 2.60. The van der Waals surface area contributed by atoms with E-state index in [-0.39, 0.29) is 5.82 Å². The van der Waals surface area contributed by atoms with E-state index in [2.05, 4.69) is 9.80 Å². The summed E-state index contributed by atoms with van der Waals surface area (Å²) in [7, 11) is 0. The standard InChI is InChI=1S/C15H21FN2O/c16-14-3-1-2-4-15(14)18-8-6-13(10-18)17-7-5-12(9-17)11-19/h1-4,12-13,19H,5-11H2. The van der Waals surface area contributed by atoms with Gasteiger partial charge in [0.2, 0.25) is 0 Å². The molecule has 0 aliphatic carbocycles. The Labute approximate surface area is 113 Å². The van der Waals surface area contributed by atoms with Gasteiger partial charge in [-0.05, 0) is 37.4 Å². The number of para-hydroxylation sites is 1. The van der Waals surface area contributed by atoms with Crippen LogP contribution in [0, 0.1) is 11.7 Å². The molecule has 3 nitrogen and oxygen atoms in total. The number of benzene rings is 1. The number of likely N-dealkylation sites (tertiary alicyclic amines) is 1. The highest BCUT2D eigenvalue weighted by molar-refractivity contribution is 5.48. The zero-order valence-corrected chi connectivity index (χ0v) is 11.1. The second-order valence-corrected chi connectivity index (χ2v) is 5.67. The maximum atomic E-state index is 13.8. The van der Waals surface area contributed by atoms with Crippen molar-refractivity contribution in [3.8, 4) is 0 Å². The highest BCUT2D eigenvalue weighted by atomic mass is 19.1. The minimum absolute atomic E-state index is 0.127. The Bertz CT molecular complexity index is 440. The van der Waals surface area contributed by atoms with Gasteiger partial charge >= 0.3 is 0 Å². The Kier molecular flexibility index (Phi) is 3.71. The zero-order valence-electron chi connectivity index (χ0n) is 11.1. The molecule has 0 saturated carbocycles. The molecule has 104 valence electrons. The molecule has 2 saturated heterocycles. The Balaban J connectivity index is 1.63. The summed E-state index contributed by atoms with van der Waals surface area (Å²) in [5, 5.41) is 9.21. The van der Waals surface area contributed by atoms with Crippen molar-refractivity contribution in [3.05, 3.63) is 30.1 Å². The monoisotopic (exact) mass is 264 g/mol. The van der Waals surface area contributed by atoms with Crippen LogP contribution < -0.4 is 4.90 Å².